The number of carbonyl (C=O) groups is 2. The fraction of sp³-hybridized carbons (Fsp3) is 0.273. The van der Waals surface area contributed by atoms with Gasteiger partial charge in [-0.3, -0.25) is 4.79 Å². The molecule has 0 atom stereocenters. The molecule has 0 aliphatic carbocycles. The maximum atomic E-state index is 12.6. The van der Waals surface area contributed by atoms with E-state index in [2.05, 4.69) is 15.4 Å². The van der Waals surface area contributed by atoms with Crippen LogP contribution in [-0.2, 0) is 9.53 Å². The van der Waals surface area contributed by atoms with Crippen LogP contribution in [0.5, 0.6) is 5.75 Å². The number of para-hydroxylation sites is 2. The molecule has 3 aromatic rings. The van der Waals surface area contributed by atoms with Crippen molar-refractivity contribution in [3.05, 3.63) is 66.1 Å². The van der Waals surface area contributed by atoms with Crippen LogP contribution < -0.4 is 10.1 Å². The molecule has 1 amide bonds. The van der Waals surface area contributed by atoms with E-state index in [1.165, 1.54) is 6.20 Å². The number of hydrogen-bond donors (Lipinski definition) is 1. The van der Waals surface area contributed by atoms with Crippen LogP contribution in [0, 0.1) is 0 Å². The minimum Gasteiger partial charge on any atom is -0.492 e. The zero-order valence-corrected chi connectivity index (χ0v) is 17.2. The van der Waals surface area contributed by atoms with Crippen LogP contribution in [0.25, 0.3) is 5.82 Å². The molecule has 156 valence electrons. The molecule has 0 unspecified atom stereocenters. The number of pyridine rings is 1. The molecule has 0 fully saturated rings. The molecule has 0 bridgehead atoms. The molecule has 1 aromatic carbocycles. The van der Waals surface area contributed by atoms with E-state index in [4.69, 9.17) is 9.47 Å². The number of nitrogens with one attached hydrogen (secondary N) is 1. The molecule has 30 heavy (non-hydrogen) atoms. The topological polar surface area (TPSA) is 95.3 Å². The van der Waals surface area contributed by atoms with E-state index in [9.17, 15) is 9.59 Å². The van der Waals surface area contributed by atoms with E-state index in [0.717, 1.165) is 0 Å². The molecule has 2 heterocycles. The molecule has 8 heteroatoms. The normalized spacial score (nSPS) is 10.7. The summed E-state index contributed by atoms with van der Waals surface area (Å²) in [5.74, 6) is 0.0701. The fourth-order valence-electron chi connectivity index (χ4n) is 2.98. The van der Waals surface area contributed by atoms with Crippen molar-refractivity contribution in [1.82, 2.24) is 14.8 Å². The van der Waals surface area contributed by atoms with Crippen LogP contribution in [0.1, 0.15) is 42.7 Å². The van der Waals surface area contributed by atoms with Gasteiger partial charge >= 0.3 is 5.97 Å². The Labute approximate surface area is 174 Å². The highest BCUT2D eigenvalue weighted by Crippen LogP contribution is 2.24. The van der Waals surface area contributed by atoms with Crippen molar-refractivity contribution < 1.29 is 19.1 Å². The summed E-state index contributed by atoms with van der Waals surface area (Å²) >= 11 is 0. The second-order valence-electron chi connectivity index (χ2n) is 6.75. The third kappa shape index (κ3) is 4.83. The highest BCUT2D eigenvalue weighted by molar-refractivity contribution is 5.96. The Hall–Kier alpha value is -3.68. The van der Waals surface area contributed by atoms with Gasteiger partial charge in [0.2, 0.25) is 0 Å². The Morgan fingerprint density at radius 3 is 2.60 bits per heavy atom. The minimum atomic E-state index is -0.617. The van der Waals surface area contributed by atoms with Crippen molar-refractivity contribution in [3.8, 4) is 11.6 Å². The molecule has 0 saturated heterocycles. The van der Waals surface area contributed by atoms with Crippen LogP contribution in [-0.4, -0.2) is 39.9 Å². The van der Waals surface area contributed by atoms with Gasteiger partial charge in [-0.15, -0.1) is 0 Å². The predicted octanol–water partition coefficient (Wildman–Crippen LogP) is 3.58. The van der Waals surface area contributed by atoms with Crippen LogP contribution in [0.2, 0.25) is 0 Å². The van der Waals surface area contributed by atoms with Crippen LogP contribution >= 0.6 is 0 Å². The summed E-state index contributed by atoms with van der Waals surface area (Å²) in [4.78, 5) is 29.2. The predicted molar refractivity (Wildman–Crippen MR) is 112 cm³/mol. The van der Waals surface area contributed by atoms with E-state index >= 15 is 0 Å². The summed E-state index contributed by atoms with van der Waals surface area (Å²) in [7, 11) is 0. The molecule has 0 spiro atoms. The zero-order valence-electron chi connectivity index (χ0n) is 17.2. The first-order valence-corrected chi connectivity index (χ1v) is 9.69. The lowest BCUT2D eigenvalue weighted by Crippen LogP contribution is -2.22. The molecule has 1 N–H and O–H groups in total. The second-order valence-corrected chi connectivity index (χ2v) is 6.75. The Bertz CT molecular complexity index is 1010. The van der Waals surface area contributed by atoms with E-state index < -0.39 is 18.5 Å². The first-order valence-electron chi connectivity index (χ1n) is 9.69. The Balaban J connectivity index is 1.70. The Kier molecular flexibility index (Phi) is 6.79. The fourth-order valence-corrected chi connectivity index (χ4v) is 2.98. The van der Waals surface area contributed by atoms with Gasteiger partial charge in [-0.25, -0.2) is 14.5 Å². The SMILES string of the molecule is CCOc1ccccc1NC(=O)COC(=O)c1cnn(-c2ccccn2)c1C(C)C. The Morgan fingerprint density at radius 2 is 1.90 bits per heavy atom. The highest BCUT2D eigenvalue weighted by atomic mass is 16.5. The maximum absolute atomic E-state index is 12.6. The quantitative estimate of drug-likeness (QED) is 0.573. The van der Waals surface area contributed by atoms with Gasteiger partial charge < -0.3 is 14.8 Å². The van der Waals surface area contributed by atoms with Gasteiger partial charge in [0.15, 0.2) is 12.4 Å². The third-order valence-electron chi connectivity index (χ3n) is 4.23. The van der Waals surface area contributed by atoms with E-state index in [0.29, 0.717) is 35.1 Å². The molecule has 0 aliphatic rings. The average Bonchev–Trinajstić information content (AvgIpc) is 3.20. The number of rotatable bonds is 8. The summed E-state index contributed by atoms with van der Waals surface area (Å²) in [5, 5.41) is 6.99. The van der Waals surface area contributed by atoms with Crippen molar-refractivity contribution in [1.29, 1.82) is 0 Å². The molecule has 0 saturated carbocycles. The Morgan fingerprint density at radius 1 is 1.13 bits per heavy atom. The smallest absolute Gasteiger partial charge is 0.342 e. The zero-order chi connectivity index (χ0) is 21.5. The van der Waals surface area contributed by atoms with E-state index in [1.807, 2.05) is 32.9 Å². The summed E-state index contributed by atoms with van der Waals surface area (Å²) in [6.45, 7) is 5.80. The van der Waals surface area contributed by atoms with Gasteiger partial charge in [0.05, 0.1) is 24.2 Å². The number of benzene rings is 1. The van der Waals surface area contributed by atoms with Gasteiger partial charge in [0, 0.05) is 6.20 Å². The van der Waals surface area contributed by atoms with Crippen molar-refractivity contribution in [3.63, 3.8) is 0 Å². The largest absolute Gasteiger partial charge is 0.492 e. The summed E-state index contributed by atoms with van der Waals surface area (Å²) < 4.78 is 12.3. The third-order valence-corrected chi connectivity index (χ3v) is 4.23. The summed E-state index contributed by atoms with van der Waals surface area (Å²) in [5.41, 5.74) is 1.49. The first kappa shape index (κ1) is 21.0. The van der Waals surface area contributed by atoms with Gasteiger partial charge in [-0.2, -0.15) is 5.10 Å². The molecule has 2 aromatic heterocycles. The van der Waals surface area contributed by atoms with Crippen molar-refractivity contribution in [2.75, 3.05) is 18.5 Å². The van der Waals surface area contributed by atoms with Crippen molar-refractivity contribution in [2.24, 2.45) is 0 Å². The van der Waals surface area contributed by atoms with E-state index in [-0.39, 0.29) is 5.92 Å². The van der Waals surface area contributed by atoms with Gasteiger partial charge in [0.1, 0.15) is 11.3 Å². The maximum Gasteiger partial charge on any atom is 0.342 e. The lowest BCUT2D eigenvalue weighted by molar-refractivity contribution is -0.119. The lowest BCUT2D eigenvalue weighted by atomic mass is 10.1. The monoisotopic (exact) mass is 408 g/mol. The van der Waals surface area contributed by atoms with Crippen LogP contribution in [0.15, 0.2) is 54.9 Å². The standard InChI is InChI=1S/C22H24N4O4/c1-4-29-18-10-6-5-9-17(18)25-20(27)14-30-22(28)16-13-24-26(21(16)15(2)3)19-11-7-8-12-23-19/h5-13,15H,4,14H2,1-3H3,(H,25,27). The molecular weight excluding hydrogens is 384 g/mol. The molecule has 0 radical (unpaired) electrons. The number of amides is 1. The molecule has 3 rings (SSSR count). The minimum absolute atomic E-state index is 0.0102. The van der Waals surface area contributed by atoms with Crippen LogP contribution in [0.3, 0.4) is 0 Å². The number of hydrogen-bond acceptors (Lipinski definition) is 6. The molecule has 8 nitrogen and oxygen atoms in total. The number of ether oxygens (including phenoxy) is 2. The number of aromatic nitrogens is 3. The number of carbonyl (C=O) groups excluding carboxylic acids is 2. The van der Waals surface area contributed by atoms with Gasteiger partial charge in [0.25, 0.3) is 5.91 Å². The number of esters is 1. The highest BCUT2D eigenvalue weighted by Gasteiger charge is 2.23. The van der Waals surface area contributed by atoms with Crippen LogP contribution in [0.4, 0.5) is 5.69 Å². The van der Waals surface area contributed by atoms with E-state index in [1.54, 1.807) is 41.2 Å². The van der Waals surface area contributed by atoms with Crippen molar-refractivity contribution >= 4 is 17.6 Å². The summed E-state index contributed by atoms with van der Waals surface area (Å²) in [6.07, 6.45) is 3.10. The summed E-state index contributed by atoms with van der Waals surface area (Å²) in [6, 6.07) is 12.5. The second kappa shape index (κ2) is 9.69. The molecular formula is C22H24N4O4. The average molecular weight is 408 g/mol. The lowest BCUT2D eigenvalue weighted by Gasteiger charge is -2.13. The van der Waals surface area contributed by atoms with Gasteiger partial charge in [-0.05, 0) is 37.1 Å². The first-order chi connectivity index (χ1) is 14.5. The van der Waals surface area contributed by atoms with Crippen molar-refractivity contribution in [2.45, 2.75) is 26.7 Å². The van der Waals surface area contributed by atoms with Gasteiger partial charge in [-0.1, -0.05) is 32.0 Å². The number of anilines is 1. The number of nitrogens with zero attached hydrogens (tertiary/aromatic N) is 3. The molecule has 0 aliphatic heterocycles.